The number of hydrogen-bond donors (Lipinski definition) is 4. The van der Waals surface area contributed by atoms with Crippen LogP contribution in [0.3, 0.4) is 0 Å². The van der Waals surface area contributed by atoms with Gasteiger partial charge in [0.15, 0.2) is 0 Å². The minimum Gasteiger partial charge on any atom is -0.384 e. The van der Waals surface area contributed by atoms with E-state index in [4.69, 9.17) is 21.1 Å². The first-order valence-electron chi connectivity index (χ1n) is 12.8. The number of imidazole rings is 2. The van der Waals surface area contributed by atoms with Gasteiger partial charge >= 0.3 is 0 Å². The number of amides is 1. The molecule has 0 saturated carbocycles. The molecule has 1 aliphatic rings. The Bertz CT molecular complexity index is 1590. The number of para-hydroxylation sites is 2. The van der Waals surface area contributed by atoms with E-state index in [1.54, 1.807) is 0 Å². The number of benzene rings is 3. The number of carbonyl (C=O) groups is 1. The van der Waals surface area contributed by atoms with E-state index in [1.807, 2.05) is 71.6 Å². The van der Waals surface area contributed by atoms with Gasteiger partial charge < -0.3 is 25.5 Å². The molecule has 5 aromatic rings. The van der Waals surface area contributed by atoms with Crippen molar-refractivity contribution in [3.8, 4) is 0 Å². The van der Waals surface area contributed by atoms with E-state index in [0.717, 1.165) is 65.5 Å². The van der Waals surface area contributed by atoms with E-state index in [0.29, 0.717) is 17.5 Å². The molecule has 38 heavy (non-hydrogen) atoms. The summed E-state index contributed by atoms with van der Waals surface area (Å²) >= 11 is 0. The van der Waals surface area contributed by atoms with Crippen LogP contribution in [0, 0.1) is 5.41 Å². The van der Waals surface area contributed by atoms with Crippen LogP contribution in [0.15, 0.2) is 66.7 Å². The molecule has 2 aromatic heterocycles. The zero-order valence-corrected chi connectivity index (χ0v) is 21.2. The third-order valence-corrected chi connectivity index (χ3v) is 7.31. The van der Waals surface area contributed by atoms with Crippen LogP contribution in [0.1, 0.15) is 39.1 Å². The highest BCUT2D eigenvalue weighted by Gasteiger charge is 2.24. The van der Waals surface area contributed by atoms with Crippen LogP contribution in [0.2, 0.25) is 0 Å². The van der Waals surface area contributed by atoms with Gasteiger partial charge in [-0.3, -0.25) is 10.2 Å². The number of nitrogens with two attached hydrogens (primary N) is 1. The summed E-state index contributed by atoms with van der Waals surface area (Å²) in [6.45, 7) is 3.30. The fraction of sp³-hybridized carbons (Fsp3) is 0.241. The van der Waals surface area contributed by atoms with E-state index in [1.165, 1.54) is 0 Å². The van der Waals surface area contributed by atoms with Crippen LogP contribution < -0.4 is 5.73 Å². The molecule has 1 unspecified atom stereocenters. The maximum Gasteiger partial charge on any atom is 0.253 e. The second-order valence-electron chi connectivity index (χ2n) is 9.96. The highest BCUT2D eigenvalue weighted by atomic mass is 16.2. The molecule has 0 radical (unpaired) electrons. The van der Waals surface area contributed by atoms with Crippen LogP contribution >= 0.6 is 0 Å². The Labute approximate surface area is 220 Å². The Balaban J connectivity index is 1.32. The van der Waals surface area contributed by atoms with Gasteiger partial charge in [0.2, 0.25) is 0 Å². The number of nitrogen functional groups attached to an aromatic ring is 1. The number of likely N-dealkylation sites (N-methyl/N-ethyl adjacent to an activating group) is 1. The van der Waals surface area contributed by atoms with E-state index in [2.05, 4.69) is 21.9 Å². The molecule has 9 nitrogen and oxygen atoms in total. The normalized spacial score (nSPS) is 15.2. The van der Waals surface area contributed by atoms with E-state index >= 15 is 0 Å². The molecule has 9 heteroatoms. The number of H-pyrrole nitrogens is 2. The molecule has 1 saturated heterocycles. The molecule has 3 heterocycles. The summed E-state index contributed by atoms with van der Waals surface area (Å²) in [7, 11) is 2.08. The lowest BCUT2D eigenvalue weighted by atomic mass is 9.97. The highest BCUT2D eigenvalue weighted by Crippen LogP contribution is 2.29. The third-order valence-electron chi connectivity index (χ3n) is 7.31. The predicted molar refractivity (Wildman–Crippen MR) is 149 cm³/mol. The van der Waals surface area contributed by atoms with Gasteiger partial charge in [-0.15, -0.1) is 0 Å². The number of piperazine rings is 1. The molecule has 0 bridgehead atoms. The molecule has 1 atom stereocenters. The lowest BCUT2D eigenvalue weighted by molar-refractivity contribution is 0.0664. The summed E-state index contributed by atoms with van der Waals surface area (Å²) in [6.07, 6.45) is 0.641. The molecule has 5 N–H and O–H groups in total. The smallest absolute Gasteiger partial charge is 0.253 e. The number of nitrogens with one attached hydrogen (secondary N) is 3. The molecule has 0 aliphatic carbocycles. The van der Waals surface area contributed by atoms with Crippen molar-refractivity contribution in [2.45, 2.75) is 12.3 Å². The topological polar surface area (TPSA) is 131 Å². The van der Waals surface area contributed by atoms with Gasteiger partial charge in [0.25, 0.3) is 5.91 Å². The number of aromatic nitrogens is 4. The van der Waals surface area contributed by atoms with Crippen molar-refractivity contribution in [2.75, 3.05) is 33.2 Å². The zero-order valence-electron chi connectivity index (χ0n) is 21.2. The Kier molecular flexibility index (Phi) is 6.13. The standard InChI is InChI=1S/C29H30N8O/c1-36-12-14-37(15-13-36)29(38)19-8-6-18(7-9-19)16-21(27-32-22-4-2-3-5-23(22)33-27)28-34-24-11-10-20(26(30)31)17-25(24)35-28/h2-11,17,21H,12-16H2,1H3,(H3,30,31)(H,32,33)(H,34,35). The third kappa shape index (κ3) is 4.64. The van der Waals surface area contributed by atoms with Crippen molar-refractivity contribution in [1.29, 1.82) is 5.41 Å². The zero-order chi connectivity index (χ0) is 26.2. The van der Waals surface area contributed by atoms with Gasteiger partial charge in [0.05, 0.1) is 28.0 Å². The van der Waals surface area contributed by atoms with Crippen molar-refractivity contribution >= 4 is 33.8 Å². The Morgan fingerprint density at radius 3 is 2.21 bits per heavy atom. The summed E-state index contributed by atoms with van der Waals surface area (Å²) in [5.41, 5.74) is 11.6. The Hall–Kier alpha value is -4.50. The number of amidine groups is 1. The van der Waals surface area contributed by atoms with Crippen molar-refractivity contribution < 1.29 is 4.79 Å². The van der Waals surface area contributed by atoms with Gasteiger partial charge in [0, 0.05) is 37.3 Å². The Morgan fingerprint density at radius 2 is 1.53 bits per heavy atom. The number of rotatable bonds is 6. The summed E-state index contributed by atoms with van der Waals surface area (Å²) in [4.78, 5) is 33.9. The van der Waals surface area contributed by atoms with Crippen LogP contribution in [-0.2, 0) is 6.42 Å². The van der Waals surface area contributed by atoms with Crippen LogP contribution in [0.4, 0.5) is 0 Å². The van der Waals surface area contributed by atoms with Crippen LogP contribution in [0.25, 0.3) is 22.1 Å². The molecule has 1 amide bonds. The monoisotopic (exact) mass is 506 g/mol. The van der Waals surface area contributed by atoms with E-state index < -0.39 is 0 Å². The second kappa shape index (κ2) is 9.75. The average Bonchev–Trinajstić information content (AvgIpc) is 3.56. The van der Waals surface area contributed by atoms with E-state index in [9.17, 15) is 4.79 Å². The van der Waals surface area contributed by atoms with Crippen LogP contribution in [0.5, 0.6) is 0 Å². The summed E-state index contributed by atoms with van der Waals surface area (Å²) in [6, 6.07) is 21.4. The van der Waals surface area contributed by atoms with Gasteiger partial charge in [-0.1, -0.05) is 24.3 Å². The van der Waals surface area contributed by atoms with Crippen molar-refractivity contribution in [2.24, 2.45) is 5.73 Å². The number of fused-ring (bicyclic) bond motifs is 2. The SMILES string of the molecule is CN1CCN(C(=O)c2ccc(CC(c3nc4ccccc4[nH]3)c3nc4cc(C(=N)N)ccc4[nH]3)cc2)CC1. The molecule has 1 fully saturated rings. The maximum atomic E-state index is 13.0. The van der Waals surface area contributed by atoms with Gasteiger partial charge in [-0.05, 0) is 61.5 Å². The van der Waals surface area contributed by atoms with Gasteiger partial charge in [0.1, 0.15) is 17.5 Å². The average molecular weight is 507 g/mol. The number of nitrogens with zero attached hydrogens (tertiary/aromatic N) is 4. The van der Waals surface area contributed by atoms with Crippen LogP contribution in [-0.4, -0.2) is 74.7 Å². The fourth-order valence-electron chi connectivity index (χ4n) is 5.03. The molecular weight excluding hydrogens is 476 g/mol. The van der Waals surface area contributed by atoms with Crippen molar-refractivity contribution in [3.05, 3.63) is 95.1 Å². The van der Waals surface area contributed by atoms with E-state index in [-0.39, 0.29) is 17.7 Å². The lowest BCUT2D eigenvalue weighted by Gasteiger charge is -2.32. The number of aromatic amines is 2. The molecule has 0 spiro atoms. The largest absolute Gasteiger partial charge is 0.384 e. The highest BCUT2D eigenvalue weighted by molar-refractivity contribution is 5.98. The molecular formula is C29H30N8O. The molecule has 3 aromatic carbocycles. The molecule has 192 valence electrons. The summed E-state index contributed by atoms with van der Waals surface area (Å²) in [5, 5.41) is 7.76. The fourth-order valence-corrected chi connectivity index (χ4v) is 5.03. The second-order valence-corrected chi connectivity index (χ2v) is 9.96. The minimum absolute atomic E-state index is 0.0106. The van der Waals surface area contributed by atoms with Crippen molar-refractivity contribution in [1.82, 2.24) is 29.7 Å². The number of hydrogen-bond acceptors (Lipinski definition) is 5. The lowest BCUT2D eigenvalue weighted by Crippen LogP contribution is -2.47. The van der Waals surface area contributed by atoms with Gasteiger partial charge in [-0.2, -0.15) is 0 Å². The summed E-state index contributed by atoms with van der Waals surface area (Å²) in [5.74, 6) is 1.51. The number of carbonyl (C=O) groups excluding carboxylic acids is 1. The molecule has 1 aliphatic heterocycles. The first-order chi connectivity index (χ1) is 18.4. The summed E-state index contributed by atoms with van der Waals surface area (Å²) < 4.78 is 0. The first-order valence-corrected chi connectivity index (χ1v) is 12.8. The predicted octanol–water partition coefficient (Wildman–Crippen LogP) is 3.49. The molecule has 6 rings (SSSR count). The Morgan fingerprint density at radius 1 is 0.895 bits per heavy atom. The first kappa shape index (κ1) is 23.9. The quantitative estimate of drug-likeness (QED) is 0.207. The van der Waals surface area contributed by atoms with Crippen molar-refractivity contribution in [3.63, 3.8) is 0 Å². The van der Waals surface area contributed by atoms with Gasteiger partial charge in [-0.25, -0.2) is 9.97 Å². The maximum absolute atomic E-state index is 13.0. The minimum atomic E-state index is -0.172.